The van der Waals surface area contributed by atoms with Crippen molar-refractivity contribution in [3.05, 3.63) is 0 Å². The second kappa shape index (κ2) is 5.18. The third-order valence-corrected chi connectivity index (χ3v) is 11.5. The lowest BCUT2D eigenvalue weighted by atomic mass is 9.44. The van der Waals surface area contributed by atoms with Crippen LogP contribution in [0.5, 0.6) is 0 Å². The molecule has 5 aliphatic rings. The fourth-order valence-electron chi connectivity index (χ4n) is 8.55. The maximum Gasteiger partial charge on any atom is 0.0543 e. The standard InChI is InChI=1S/C22H36OS/c1-20-10-8-15(23)12-14(20)4-5-16-17-6-7-19(22(3)13-24-22)21(17,2)11-9-18(16)20/h14-19,23H,4-13H2,1-3H3/t14?,15-,16?,17?,18?,19-,20-,21-,22?/m0/s1. The van der Waals surface area contributed by atoms with Gasteiger partial charge >= 0.3 is 0 Å². The summed E-state index contributed by atoms with van der Waals surface area (Å²) in [5.41, 5.74) is 1.18. The molecule has 1 aliphatic heterocycles. The largest absolute Gasteiger partial charge is 0.393 e. The van der Waals surface area contributed by atoms with Gasteiger partial charge in [0.05, 0.1) is 6.10 Å². The molecule has 0 radical (unpaired) electrons. The molecule has 2 heteroatoms. The molecule has 5 unspecified atom stereocenters. The first-order chi connectivity index (χ1) is 11.4. The minimum Gasteiger partial charge on any atom is -0.393 e. The molecule has 4 saturated carbocycles. The molecule has 1 saturated heterocycles. The van der Waals surface area contributed by atoms with E-state index >= 15 is 0 Å². The molecular weight excluding hydrogens is 312 g/mol. The molecule has 0 bridgehead atoms. The van der Waals surface area contributed by atoms with Crippen LogP contribution in [0.4, 0.5) is 0 Å². The van der Waals surface area contributed by atoms with Crippen LogP contribution in [0.3, 0.4) is 0 Å². The van der Waals surface area contributed by atoms with E-state index in [1.165, 1.54) is 50.7 Å². The van der Waals surface area contributed by atoms with E-state index in [9.17, 15) is 5.11 Å². The maximum absolute atomic E-state index is 10.2. The van der Waals surface area contributed by atoms with Gasteiger partial charge in [-0.3, -0.25) is 0 Å². The Kier molecular flexibility index (Phi) is 3.56. The average molecular weight is 349 g/mol. The second-order valence-electron chi connectivity index (χ2n) is 10.9. The Balaban J connectivity index is 1.43. The van der Waals surface area contributed by atoms with Gasteiger partial charge in [0.25, 0.3) is 0 Å². The number of hydrogen-bond donors (Lipinski definition) is 1. The third kappa shape index (κ3) is 2.11. The summed E-state index contributed by atoms with van der Waals surface area (Å²) >= 11 is 2.24. The fraction of sp³-hybridized carbons (Fsp3) is 1.00. The van der Waals surface area contributed by atoms with E-state index in [1.807, 2.05) is 0 Å². The Morgan fingerprint density at radius 1 is 0.833 bits per heavy atom. The van der Waals surface area contributed by atoms with Crippen LogP contribution in [0.25, 0.3) is 0 Å². The molecule has 5 rings (SSSR count). The summed E-state index contributed by atoms with van der Waals surface area (Å²) in [6, 6.07) is 0. The summed E-state index contributed by atoms with van der Waals surface area (Å²) in [5, 5.41) is 10.2. The number of thioether (sulfide) groups is 1. The zero-order chi connectivity index (χ0) is 16.7. The second-order valence-corrected chi connectivity index (χ2v) is 12.4. The van der Waals surface area contributed by atoms with Crippen LogP contribution in [0.2, 0.25) is 0 Å². The first-order valence-corrected chi connectivity index (χ1v) is 11.7. The molecule has 9 atom stereocenters. The van der Waals surface area contributed by atoms with Crippen molar-refractivity contribution in [2.75, 3.05) is 5.75 Å². The summed E-state index contributed by atoms with van der Waals surface area (Å²) in [7, 11) is 0. The van der Waals surface area contributed by atoms with E-state index in [1.54, 1.807) is 0 Å². The van der Waals surface area contributed by atoms with E-state index < -0.39 is 0 Å². The van der Waals surface area contributed by atoms with Gasteiger partial charge in [0.1, 0.15) is 0 Å². The lowest BCUT2D eigenvalue weighted by Crippen LogP contribution is -2.54. The summed E-state index contributed by atoms with van der Waals surface area (Å²) in [6.07, 6.45) is 12.3. The summed E-state index contributed by atoms with van der Waals surface area (Å²) < 4.78 is 0.631. The number of fused-ring (bicyclic) bond motifs is 5. The van der Waals surface area contributed by atoms with Gasteiger partial charge in [0.15, 0.2) is 0 Å². The molecule has 0 spiro atoms. The van der Waals surface area contributed by atoms with Gasteiger partial charge in [-0.15, -0.1) is 0 Å². The van der Waals surface area contributed by atoms with Gasteiger partial charge in [0.2, 0.25) is 0 Å². The van der Waals surface area contributed by atoms with Crippen molar-refractivity contribution >= 4 is 11.8 Å². The predicted molar refractivity (Wildman–Crippen MR) is 102 cm³/mol. The van der Waals surface area contributed by atoms with Crippen LogP contribution in [0, 0.1) is 40.4 Å². The van der Waals surface area contributed by atoms with Crippen LogP contribution in [-0.4, -0.2) is 21.7 Å². The molecule has 1 nitrogen and oxygen atoms in total. The van der Waals surface area contributed by atoms with Crippen molar-refractivity contribution in [1.82, 2.24) is 0 Å². The van der Waals surface area contributed by atoms with E-state index in [0.29, 0.717) is 15.6 Å². The Bertz CT molecular complexity index is 528. The highest BCUT2D eigenvalue weighted by Gasteiger charge is 2.64. The van der Waals surface area contributed by atoms with Crippen molar-refractivity contribution in [3.8, 4) is 0 Å². The minimum absolute atomic E-state index is 0.00353. The average Bonchev–Trinajstić information content (AvgIpc) is 3.17. The molecule has 1 N–H and O–H groups in total. The number of aliphatic hydroxyl groups excluding tert-OH is 1. The van der Waals surface area contributed by atoms with Crippen LogP contribution in [0.15, 0.2) is 0 Å². The Morgan fingerprint density at radius 3 is 2.29 bits per heavy atom. The minimum atomic E-state index is -0.00353. The van der Waals surface area contributed by atoms with Gasteiger partial charge in [-0.1, -0.05) is 13.8 Å². The molecule has 0 aromatic heterocycles. The number of hydrogen-bond acceptors (Lipinski definition) is 2. The van der Waals surface area contributed by atoms with Gasteiger partial charge in [-0.05, 0) is 105 Å². The Hall–Kier alpha value is 0.310. The molecule has 0 amide bonds. The van der Waals surface area contributed by atoms with Crippen LogP contribution < -0.4 is 0 Å². The predicted octanol–water partition coefficient (Wildman–Crippen LogP) is 5.51. The zero-order valence-corrected chi connectivity index (χ0v) is 16.7. The molecule has 24 heavy (non-hydrogen) atoms. The first kappa shape index (κ1) is 16.5. The topological polar surface area (TPSA) is 20.2 Å². The highest BCUT2D eigenvalue weighted by Crippen LogP contribution is 2.71. The van der Waals surface area contributed by atoms with Crippen molar-refractivity contribution in [1.29, 1.82) is 0 Å². The molecule has 4 aliphatic carbocycles. The van der Waals surface area contributed by atoms with Crippen molar-refractivity contribution < 1.29 is 5.11 Å². The lowest BCUT2D eigenvalue weighted by Gasteiger charge is -2.61. The summed E-state index contributed by atoms with van der Waals surface area (Å²) in [6.45, 7) is 7.87. The zero-order valence-electron chi connectivity index (χ0n) is 15.9. The maximum atomic E-state index is 10.2. The molecule has 5 fully saturated rings. The monoisotopic (exact) mass is 348 g/mol. The number of aliphatic hydroxyl groups is 1. The van der Waals surface area contributed by atoms with Gasteiger partial charge < -0.3 is 5.11 Å². The SMILES string of the molecule is CC1([C@H]2CCC3C4CCC5C[C@@H](O)CC[C@]5(C)C4CC[C@@]32C)CS1. The molecular formula is C22H36OS. The van der Waals surface area contributed by atoms with Crippen molar-refractivity contribution in [2.45, 2.75) is 89.4 Å². The lowest BCUT2D eigenvalue weighted by molar-refractivity contribution is -0.127. The highest BCUT2D eigenvalue weighted by molar-refractivity contribution is 8.07. The molecule has 0 aromatic carbocycles. The van der Waals surface area contributed by atoms with E-state index in [0.717, 1.165) is 42.4 Å². The summed E-state index contributed by atoms with van der Waals surface area (Å²) in [4.78, 5) is 0. The first-order valence-electron chi connectivity index (χ1n) is 10.7. The van der Waals surface area contributed by atoms with Crippen LogP contribution in [0.1, 0.15) is 78.6 Å². The van der Waals surface area contributed by atoms with Crippen LogP contribution in [-0.2, 0) is 0 Å². The van der Waals surface area contributed by atoms with E-state index in [-0.39, 0.29) is 6.10 Å². The quantitative estimate of drug-likeness (QED) is 0.630. The van der Waals surface area contributed by atoms with Crippen molar-refractivity contribution in [3.63, 3.8) is 0 Å². The Labute approximate surface area is 152 Å². The third-order valence-electron chi connectivity index (χ3n) is 9.97. The number of rotatable bonds is 1. The molecule has 0 aromatic rings. The fourth-order valence-corrected chi connectivity index (χ4v) is 9.57. The van der Waals surface area contributed by atoms with Crippen LogP contribution >= 0.6 is 11.8 Å². The van der Waals surface area contributed by atoms with E-state index in [4.69, 9.17) is 0 Å². The highest BCUT2D eigenvalue weighted by atomic mass is 32.2. The van der Waals surface area contributed by atoms with Gasteiger partial charge in [-0.2, -0.15) is 11.8 Å². The van der Waals surface area contributed by atoms with Gasteiger partial charge in [-0.25, -0.2) is 0 Å². The smallest absolute Gasteiger partial charge is 0.0543 e. The van der Waals surface area contributed by atoms with Gasteiger partial charge in [0, 0.05) is 10.5 Å². The normalized spacial score (nSPS) is 62.5. The van der Waals surface area contributed by atoms with E-state index in [2.05, 4.69) is 32.5 Å². The summed E-state index contributed by atoms with van der Waals surface area (Å²) in [5.74, 6) is 6.17. The van der Waals surface area contributed by atoms with Crippen molar-refractivity contribution in [2.24, 2.45) is 40.4 Å². The molecule has 1 heterocycles. The Morgan fingerprint density at radius 2 is 1.54 bits per heavy atom. The molecule has 136 valence electrons.